The number of aryl methyl sites for hydroxylation is 2. The summed E-state index contributed by atoms with van der Waals surface area (Å²) >= 11 is 0. The molecule has 108 valence electrons. The lowest BCUT2D eigenvalue weighted by Crippen LogP contribution is -2.13. The fourth-order valence-corrected chi connectivity index (χ4v) is 1.79. The van der Waals surface area contributed by atoms with E-state index < -0.39 is 0 Å². The molecule has 5 nitrogen and oxygen atoms in total. The van der Waals surface area contributed by atoms with Crippen molar-refractivity contribution in [1.82, 2.24) is 5.16 Å². The molecule has 21 heavy (non-hydrogen) atoms. The summed E-state index contributed by atoms with van der Waals surface area (Å²) in [6.45, 7) is 3.65. The fourth-order valence-electron chi connectivity index (χ4n) is 1.79. The number of rotatable bonds is 3. The third-order valence-corrected chi connectivity index (χ3v) is 2.88. The molecule has 0 unspecified atom stereocenters. The Morgan fingerprint density at radius 3 is 2.90 bits per heavy atom. The first kappa shape index (κ1) is 14.8. The Balaban J connectivity index is 2.26. The molecule has 2 aromatic rings. The van der Waals surface area contributed by atoms with E-state index in [1.807, 2.05) is 19.1 Å². The van der Waals surface area contributed by atoms with E-state index in [1.54, 1.807) is 13.0 Å². The first-order chi connectivity index (χ1) is 10.1. The molecule has 1 heterocycles. The molecule has 0 saturated carbocycles. The standard InChI is InChI=1S/C16H16N2O3/c1-11-6-7-15(13(9-11)5-3-4-8-19)18-16(20)14-10-17-21-12(14)2/h6-7,9-10,19H,4,8H2,1-2H3,(H,18,20). The minimum absolute atomic E-state index is 0.0143. The number of carbonyl (C=O) groups excluding carboxylic acids is 1. The van der Waals surface area contributed by atoms with E-state index in [9.17, 15) is 4.79 Å². The Morgan fingerprint density at radius 1 is 1.43 bits per heavy atom. The number of carbonyl (C=O) groups is 1. The first-order valence-electron chi connectivity index (χ1n) is 6.55. The van der Waals surface area contributed by atoms with Gasteiger partial charge in [-0.15, -0.1) is 0 Å². The van der Waals surface area contributed by atoms with Gasteiger partial charge >= 0.3 is 0 Å². The molecule has 0 aliphatic carbocycles. The van der Waals surface area contributed by atoms with Crippen molar-refractivity contribution < 1.29 is 14.4 Å². The average molecular weight is 284 g/mol. The van der Waals surface area contributed by atoms with Gasteiger partial charge in [-0.2, -0.15) is 0 Å². The van der Waals surface area contributed by atoms with E-state index in [-0.39, 0.29) is 12.5 Å². The van der Waals surface area contributed by atoms with Crippen LogP contribution < -0.4 is 5.32 Å². The summed E-state index contributed by atoms with van der Waals surface area (Å²) in [5.41, 5.74) is 2.77. The Kier molecular flexibility index (Phi) is 4.75. The summed E-state index contributed by atoms with van der Waals surface area (Å²) in [5, 5.41) is 15.2. The van der Waals surface area contributed by atoms with Gasteiger partial charge in [0.25, 0.3) is 5.91 Å². The van der Waals surface area contributed by atoms with Gasteiger partial charge < -0.3 is 14.9 Å². The maximum atomic E-state index is 12.2. The normalized spacial score (nSPS) is 9.86. The second-order valence-corrected chi connectivity index (χ2v) is 4.57. The number of aromatic nitrogens is 1. The predicted octanol–water partition coefficient (Wildman–Crippen LogP) is 2.28. The molecular formula is C16H16N2O3. The van der Waals surface area contributed by atoms with Crippen molar-refractivity contribution in [3.8, 4) is 11.8 Å². The average Bonchev–Trinajstić information content (AvgIpc) is 2.88. The second kappa shape index (κ2) is 6.73. The van der Waals surface area contributed by atoms with Crippen LogP contribution >= 0.6 is 0 Å². The SMILES string of the molecule is Cc1ccc(NC(=O)c2cnoc2C)c(C#CCCO)c1. The number of nitrogens with zero attached hydrogens (tertiary/aromatic N) is 1. The maximum absolute atomic E-state index is 12.2. The third kappa shape index (κ3) is 3.71. The van der Waals surface area contributed by atoms with Crippen molar-refractivity contribution in [2.45, 2.75) is 20.3 Å². The van der Waals surface area contributed by atoms with Crippen molar-refractivity contribution in [3.05, 3.63) is 46.8 Å². The van der Waals surface area contributed by atoms with Crippen LogP contribution in [0.2, 0.25) is 0 Å². The zero-order valence-electron chi connectivity index (χ0n) is 11.9. The summed E-state index contributed by atoms with van der Waals surface area (Å²) in [4.78, 5) is 12.2. The minimum atomic E-state index is -0.289. The van der Waals surface area contributed by atoms with Gasteiger partial charge in [-0.05, 0) is 31.5 Å². The summed E-state index contributed by atoms with van der Waals surface area (Å²) in [7, 11) is 0. The van der Waals surface area contributed by atoms with Gasteiger partial charge in [-0.3, -0.25) is 4.79 Å². The van der Waals surface area contributed by atoms with Crippen LogP contribution in [-0.4, -0.2) is 22.8 Å². The van der Waals surface area contributed by atoms with Crippen molar-refractivity contribution >= 4 is 11.6 Å². The van der Waals surface area contributed by atoms with Crippen LogP contribution in [0.3, 0.4) is 0 Å². The summed E-state index contributed by atoms with van der Waals surface area (Å²) in [5.74, 6) is 5.99. The van der Waals surface area contributed by atoms with Crippen LogP contribution in [0.4, 0.5) is 5.69 Å². The van der Waals surface area contributed by atoms with E-state index in [2.05, 4.69) is 22.3 Å². The highest BCUT2D eigenvalue weighted by Crippen LogP contribution is 2.18. The molecule has 0 aliphatic heterocycles. The largest absolute Gasteiger partial charge is 0.395 e. The van der Waals surface area contributed by atoms with E-state index in [1.165, 1.54) is 6.20 Å². The van der Waals surface area contributed by atoms with Gasteiger partial charge in [0.1, 0.15) is 11.3 Å². The van der Waals surface area contributed by atoms with Crippen molar-refractivity contribution in [1.29, 1.82) is 0 Å². The van der Waals surface area contributed by atoms with Crippen LogP contribution in [0.1, 0.15) is 33.7 Å². The lowest BCUT2D eigenvalue weighted by atomic mass is 10.1. The van der Waals surface area contributed by atoms with Crippen LogP contribution in [0.15, 0.2) is 28.9 Å². The summed E-state index contributed by atoms with van der Waals surface area (Å²) in [6.07, 6.45) is 1.78. The lowest BCUT2D eigenvalue weighted by Gasteiger charge is -2.07. The van der Waals surface area contributed by atoms with Crippen molar-refractivity contribution in [3.63, 3.8) is 0 Å². The van der Waals surface area contributed by atoms with Gasteiger partial charge in [-0.1, -0.05) is 23.1 Å². The number of aliphatic hydroxyl groups is 1. The van der Waals surface area contributed by atoms with Crippen LogP contribution in [0.25, 0.3) is 0 Å². The number of anilines is 1. The smallest absolute Gasteiger partial charge is 0.260 e. The van der Waals surface area contributed by atoms with E-state index >= 15 is 0 Å². The Morgan fingerprint density at radius 2 is 2.24 bits per heavy atom. The Hall–Kier alpha value is -2.58. The van der Waals surface area contributed by atoms with Gasteiger partial charge in [-0.25, -0.2) is 0 Å². The first-order valence-corrected chi connectivity index (χ1v) is 6.55. The number of hydrogen-bond acceptors (Lipinski definition) is 4. The molecule has 1 aromatic carbocycles. The number of benzene rings is 1. The molecule has 2 N–H and O–H groups in total. The van der Waals surface area contributed by atoms with E-state index in [0.29, 0.717) is 29.0 Å². The monoisotopic (exact) mass is 284 g/mol. The molecule has 1 amide bonds. The second-order valence-electron chi connectivity index (χ2n) is 4.57. The molecule has 0 saturated heterocycles. The molecule has 0 radical (unpaired) electrons. The fraction of sp³-hybridized carbons (Fsp3) is 0.250. The molecule has 0 fully saturated rings. The van der Waals surface area contributed by atoms with E-state index in [0.717, 1.165) is 5.56 Å². The third-order valence-electron chi connectivity index (χ3n) is 2.88. The Bertz CT molecular complexity index is 708. The Labute approximate surface area is 123 Å². The quantitative estimate of drug-likeness (QED) is 0.848. The predicted molar refractivity (Wildman–Crippen MR) is 79.0 cm³/mol. The number of amides is 1. The van der Waals surface area contributed by atoms with Gasteiger partial charge in [0.05, 0.1) is 18.5 Å². The topological polar surface area (TPSA) is 75.4 Å². The zero-order valence-corrected chi connectivity index (χ0v) is 11.9. The zero-order chi connectivity index (χ0) is 15.2. The number of hydrogen-bond donors (Lipinski definition) is 2. The maximum Gasteiger partial charge on any atom is 0.260 e. The van der Waals surface area contributed by atoms with Crippen molar-refractivity contribution in [2.24, 2.45) is 0 Å². The highest BCUT2D eigenvalue weighted by Gasteiger charge is 2.14. The minimum Gasteiger partial charge on any atom is -0.395 e. The summed E-state index contributed by atoms with van der Waals surface area (Å²) < 4.78 is 4.89. The molecule has 5 heteroatoms. The number of nitrogens with one attached hydrogen (secondary N) is 1. The van der Waals surface area contributed by atoms with Gasteiger partial charge in [0.15, 0.2) is 0 Å². The van der Waals surface area contributed by atoms with Crippen LogP contribution in [0, 0.1) is 25.7 Å². The highest BCUT2D eigenvalue weighted by molar-refractivity contribution is 6.05. The van der Waals surface area contributed by atoms with Crippen LogP contribution in [-0.2, 0) is 0 Å². The lowest BCUT2D eigenvalue weighted by molar-refractivity contribution is 0.102. The molecule has 0 aliphatic rings. The molecule has 0 atom stereocenters. The molecular weight excluding hydrogens is 268 g/mol. The van der Waals surface area contributed by atoms with E-state index in [4.69, 9.17) is 9.63 Å². The molecule has 0 spiro atoms. The molecule has 0 bridgehead atoms. The van der Waals surface area contributed by atoms with Gasteiger partial charge in [0.2, 0.25) is 0 Å². The highest BCUT2D eigenvalue weighted by atomic mass is 16.5. The van der Waals surface area contributed by atoms with Crippen LogP contribution in [0.5, 0.6) is 0 Å². The van der Waals surface area contributed by atoms with Crippen molar-refractivity contribution in [2.75, 3.05) is 11.9 Å². The molecule has 2 rings (SSSR count). The summed E-state index contributed by atoms with van der Waals surface area (Å²) in [6, 6.07) is 5.59. The van der Waals surface area contributed by atoms with Gasteiger partial charge in [0, 0.05) is 12.0 Å². The number of aliphatic hydroxyl groups excluding tert-OH is 1. The molecule has 1 aromatic heterocycles.